The monoisotopic (exact) mass is 488 g/mol. The molecule has 158 valence electrons. The topological polar surface area (TPSA) is 46.4 Å². The summed E-state index contributed by atoms with van der Waals surface area (Å²) in [5.41, 5.74) is -2.76. The average Bonchev–Trinajstić information content (AvgIpc) is 2.58. The van der Waals surface area contributed by atoms with E-state index in [1.165, 1.54) is 6.07 Å². The summed E-state index contributed by atoms with van der Waals surface area (Å²) in [5.74, 6) is -1.17. The molecule has 0 aliphatic rings. The van der Waals surface area contributed by atoms with E-state index in [1.807, 2.05) is 0 Å². The number of rotatable bonds is 6. The van der Waals surface area contributed by atoms with Crippen molar-refractivity contribution in [2.75, 3.05) is 11.4 Å². The van der Waals surface area contributed by atoms with E-state index in [2.05, 4.69) is 15.9 Å². The maximum Gasteiger partial charge on any atom is 0.416 e. The third-order valence-electron chi connectivity index (χ3n) is 3.88. The number of halogens is 8. The van der Waals surface area contributed by atoms with Crippen LogP contribution in [0.3, 0.4) is 0 Å². The molecule has 0 unspecified atom stereocenters. The fraction of sp³-hybridized carbons (Fsp3) is 0.294. The smallest absolute Gasteiger partial charge is 0.361 e. The van der Waals surface area contributed by atoms with Crippen molar-refractivity contribution < 1.29 is 35.7 Å². The number of benzene rings is 2. The van der Waals surface area contributed by atoms with Crippen LogP contribution in [0.5, 0.6) is 0 Å². The zero-order chi connectivity index (χ0) is 22.0. The van der Waals surface area contributed by atoms with Crippen molar-refractivity contribution in [1.82, 2.24) is 0 Å². The third kappa shape index (κ3) is 6.31. The van der Waals surface area contributed by atoms with Gasteiger partial charge in [0.15, 0.2) is 0 Å². The molecule has 0 atom stereocenters. The van der Waals surface area contributed by atoms with Crippen LogP contribution in [-0.2, 0) is 12.7 Å². The van der Waals surface area contributed by atoms with Crippen LogP contribution in [0.1, 0.15) is 17.5 Å². The molecule has 2 aromatic carbocycles. The molecule has 0 amide bonds. The van der Waals surface area contributed by atoms with Gasteiger partial charge in [-0.15, -0.1) is 0 Å². The highest BCUT2D eigenvalue weighted by Gasteiger charge is 2.35. The van der Waals surface area contributed by atoms with Crippen molar-refractivity contribution in [1.29, 1.82) is 0 Å². The first-order chi connectivity index (χ1) is 13.3. The third-order valence-corrected chi connectivity index (χ3v) is 4.37. The van der Waals surface area contributed by atoms with Crippen LogP contribution in [0, 0.1) is 15.9 Å². The van der Waals surface area contributed by atoms with Gasteiger partial charge in [0.25, 0.3) is 5.69 Å². The van der Waals surface area contributed by atoms with Crippen molar-refractivity contribution in [3.05, 3.63) is 67.9 Å². The molecule has 0 saturated heterocycles. The van der Waals surface area contributed by atoms with Crippen LogP contribution >= 0.6 is 15.9 Å². The maximum absolute atomic E-state index is 13.3. The second-order valence-corrected chi connectivity index (χ2v) is 6.89. The second kappa shape index (κ2) is 8.56. The van der Waals surface area contributed by atoms with E-state index < -0.39 is 59.4 Å². The molecular weight excluding hydrogens is 477 g/mol. The normalized spacial score (nSPS) is 12.1. The van der Waals surface area contributed by atoms with Gasteiger partial charge in [0, 0.05) is 23.6 Å². The van der Waals surface area contributed by atoms with Crippen LogP contribution in [0.4, 0.5) is 42.1 Å². The van der Waals surface area contributed by atoms with E-state index in [4.69, 9.17) is 0 Å². The molecule has 2 aromatic rings. The summed E-state index contributed by atoms with van der Waals surface area (Å²) >= 11 is 3.00. The van der Waals surface area contributed by atoms with E-state index in [-0.39, 0.29) is 16.2 Å². The lowest BCUT2D eigenvalue weighted by molar-refractivity contribution is -0.384. The highest BCUT2D eigenvalue weighted by atomic mass is 79.9. The van der Waals surface area contributed by atoms with Crippen LogP contribution in [0.25, 0.3) is 0 Å². The Labute approximate surface area is 168 Å². The van der Waals surface area contributed by atoms with Gasteiger partial charge in [-0.25, -0.2) is 4.39 Å². The van der Waals surface area contributed by atoms with Gasteiger partial charge in [0.2, 0.25) is 0 Å². The van der Waals surface area contributed by atoms with E-state index in [0.717, 1.165) is 29.2 Å². The molecule has 0 spiro atoms. The summed E-state index contributed by atoms with van der Waals surface area (Å²) in [6.45, 7) is -1.58. The Bertz CT molecular complexity index is 900. The number of hydrogen-bond donors (Lipinski definition) is 0. The van der Waals surface area contributed by atoms with Gasteiger partial charge in [-0.1, -0.05) is 22.0 Å². The van der Waals surface area contributed by atoms with Gasteiger partial charge >= 0.3 is 12.4 Å². The van der Waals surface area contributed by atoms with Gasteiger partial charge in [-0.3, -0.25) is 10.1 Å². The predicted octanol–water partition coefficient (Wildman–Crippen LogP) is 6.47. The Kier molecular flexibility index (Phi) is 6.76. The zero-order valence-electron chi connectivity index (χ0n) is 14.3. The molecule has 0 aliphatic heterocycles. The van der Waals surface area contributed by atoms with Gasteiger partial charge in [-0.05, 0) is 29.8 Å². The van der Waals surface area contributed by atoms with Crippen LogP contribution < -0.4 is 4.90 Å². The molecule has 0 aromatic heterocycles. The highest BCUT2D eigenvalue weighted by Crippen LogP contribution is 2.37. The van der Waals surface area contributed by atoms with Crippen molar-refractivity contribution >= 4 is 27.3 Å². The summed E-state index contributed by atoms with van der Waals surface area (Å²) in [4.78, 5) is 11.3. The van der Waals surface area contributed by atoms with Gasteiger partial charge in [0.05, 0.1) is 16.9 Å². The number of nitrogens with zero attached hydrogens (tertiary/aromatic N) is 2. The minimum Gasteiger partial charge on any atom is -0.361 e. The van der Waals surface area contributed by atoms with Crippen molar-refractivity contribution in [2.24, 2.45) is 0 Å². The lowest BCUT2D eigenvalue weighted by Gasteiger charge is -2.27. The molecule has 29 heavy (non-hydrogen) atoms. The van der Waals surface area contributed by atoms with Gasteiger partial charge in [0.1, 0.15) is 11.5 Å². The fourth-order valence-electron chi connectivity index (χ4n) is 2.61. The average molecular weight is 489 g/mol. The highest BCUT2D eigenvalue weighted by molar-refractivity contribution is 9.10. The summed E-state index contributed by atoms with van der Waals surface area (Å²) in [7, 11) is 0. The first-order valence-corrected chi connectivity index (χ1v) is 8.68. The van der Waals surface area contributed by atoms with Crippen LogP contribution in [0.2, 0.25) is 0 Å². The van der Waals surface area contributed by atoms with E-state index >= 15 is 0 Å². The Hall–Kier alpha value is -2.37. The molecule has 0 heterocycles. The minimum atomic E-state index is -4.96. The second-order valence-electron chi connectivity index (χ2n) is 5.98. The molecule has 0 fully saturated rings. The predicted molar refractivity (Wildman–Crippen MR) is 93.9 cm³/mol. The van der Waals surface area contributed by atoms with Gasteiger partial charge in [-0.2, -0.15) is 26.3 Å². The summed E-state index contributed by atoms with van der Waals surface area (Å²) in [6.07, 6.45) is -11.0. The largest absolute Gasteiger partial charge is 0.416 e. The quantitative estimate of drug-likeness (QED) is 0.265. The van der Waals surface area contributed by atoms with Crippen LogP contribution in [-0.4, -0.2) is 17.6 Å². The summed E-state index contributed by atoms with van der Waals surface area (Å²) in [6, 6.07) is 5.25. The molecule has 0 radical (unpaired) electrons. The molecule has 0 aliphatic carbocycles. The number of alkyl halides is 6. The summed E-state index contributed by atoms with van der Waals surface area (Å²) < 4.78 is 91.4. The minimum absolute atomic E-state index is 0.229. The molecule has 4 nitrogen and oxygen atoms in total. The van der Waals surface area contributed by atoms with Crippen LogP contribution in [0.15, 0.2) is 40.9 Å². The van der Waals surface area contributed by atoms with Crippen molar-refractivity contribution in [3.63, 3.8) is 0 Å². The molecule has 0 saturated carbocycles. The SMILES string of the molecule is O=[N+]([O-])c1cc(Br)ccc1N(CCC(F)(F)F)Cc1ccc(F)cc1C(F)(F)F. The Morgan fingerprint density at radius 1 is 1.03 bits per heavy atom. The Morgan fingerprint density at radius 2 is 1.69 bits per heavy atom. The molecular formula is C17H12BrF7N2O2. The molecule has 2 rings (SSSR count). The number of hydrogen-bond acceptors (Lipinski definition) is 3. The number of nitro groups is 1. The van der Waals surface area contributed by atoms with E-state index in [1.54, 1.807) is 0 Å². The first-order valence-electron chi connectivity index (χ1n) is 7.89. The maximum atomic E-state index is 13.3. The molecule has 12 heteroatoms. The standard InChI is InChI=1S/C17H12BrF7N2O2/c18-11-2-4-14(15(7-11)27(28)29)26(6-5-16(20,21)22)9-10-1-3-12(19)8-13(10)17(23,24)25/h1-4,7-8H,5-6,9H2. The fourth-order valence-corrected chi connectivity index (χ4v) is 2.96. The van der Waals surface area contributed by atoms with E-state index in [0.29, 0.717) is 0 Å². The first kappa shape index (κ1) is 22.9. The molecule has 0 bridgehead atoms. The van der Waals surface area contributed by atoms with Gasteiger partial charge < -0.3 is 4.90 Å². The summed E-state index contributed by atoms with van der Waals surface area (Å²) in [5, 5.41) is 11.3. The lowest BCUT2D eigenvalue weighted by Crippen LogP contribution is -2.29. The Balaban J connectivity index is 2.53. The van der Waals surface area contributed by atoms with Crippen molar-refractivity contribution in [2.45, 2.75) is 25.3 Å². The van der Waals surface area contributed by atoms with Crippen molar-refractivity contribution in [3.8, 4) is 0 Å². The molecule has 0 N–H and O–H groups in total. The van der Waals surface area contributed by atoms with E-state index in [9.17, 15) is 40.8 Å². The zero-order valence-corrected chi connectivity index (χ0v) is 15.9. The number of nitro benzene ring substituents is 1. The lowest BCUT2D eigenvalue weighted by atomic mass is 10.1. The number of anilines is 1. The Morgan fingerprint density at radius 3 is 2.24 bits per heavy atom.